The van der Waals surface area contributed by atoms with Gasteiger partial charge in [-0.1, -0.05) is 42.8 Å². The second-order valence-electron chi connectivity index (χ2n) is 4.66. The zero-order valence-corrected chi connectivity index (χ0v) is 12.5. The van der Waals surface area contributed by atoms with E-state index < -0.39 is 6.04 Å². The summed E-state index contributed by atoms with van der Waals surface area (Å²) in [6, 6.07) is 10.4. The second kappa shape index (κ2) is 7.20. The van der Waals surface area contributed by atoms with E-state index in [0.717, 1.165) is 12.0 Å². The van der Waals surface area contributed by atoms with Crippen molar-refractivity contribution in [2.75, 3.05) is 6.61 Å². The van der Waals surface area contributed by atoms with Gasteiger partial charge in [0.2, 0.25) is 0 Å². The number of amides is 1. The van der Waals surface area contributed by atoms with Crippen molar-refractivity contribution in [1.82, 2.24) is 10.3 Å². The van der Waals surface area contributed by atoms with Crippen molar-refractivity contribution >= 4 is 17.5 Å². The Morgan fingerprint density at radius 3 is 2.62 bits per heavy atom. The van der Waals surface area contributed by atoms with Gasteiger partial charge in [-0.25, -0.2) is 0 Å². The Hall–Kier alpha value is -1.91. The summed E-state index contributed by atoms with van der Waals surface area (Å²) in [7, 11) is 0. The molecule has 1 aromatic carbocycles. The number of aromatic nitrogens is 1. The predicted octanol–water partition coefficient (Wildman–Crippen LogP) is 2.76. The Bertz CT molecular complexity index is 614. The molecule has 1 unspecified atom stereocenters. The highest BCUT2D eigenvalue weighted by molar-refractivity contribution is 6.30. The summed E-state index contributed by atoms with van der Waals surface area (Å²) in [5.41, 5.74) is 2.29. The van der Waals surface area contributed by atoms with Crippen molar-refractivity contribution < 1.29 is 9.90 Å². The number of aryl methyl sites for hydroxylation is 1. The van der Waals surface area contributed by atoms with E-state index in [1.807, 2.05) is 24.3 Å². The number of carbonyl (C=O) groups excluding carboxylic acids is 1. The largest absolute Gasteiger partial charge is 0.394 e. The first-order valence-corrected chi connectivity index (χ1v) is 7.14. The van der Waals surface area contributed by atoms with E-state index in [9.17, 15) is 9.90 Å². The highest BCUT2D eigenvalue weighted by Crippen LogP contribution is 2.15. The third-order valence-corrected chi connectivity index (χ3v) is 3.47. The molecule has 4 nitrogen and oxygen atoms in total. The quantitative estimate of drug-likeness (QED) is 0.893. The minimum atomic E-state index is -0.468. The van der Waals surface area contributed by atoms with Gasteiger partial charge in [0.15, 0.2) is 0 Å². The Balaban J connectivity index is 2.12. The van der Waals surface area contributed by atoms with Crippen LogP contribution >= 0.6 is 11.6 Å². The first-order valence-electron chi connectivity index (χ1n) is 6.76. The molecule has 110 valence electrons. The summed E-state index contributed by atoms with van der Waals surface area (Å²) in [6.45, 7) is 1.89. The normalized spacial score (nSPS) is 12.0. The van der Waals surface area contributed by atoms with E-state index in [0.29, 0.717) is 5.02 Å². The van der Waals surface area contributed by atoms with Gasteiger partial charge in [0.25, 0.3) is 5.91 Å². The summed E-state index contributed by atoms with van der Waals surface area (Å²) in [4.78, 5) is 16.1. The smallest absolute Gasteiger partial charge is 0.270 e. The Labute approximate surface area is 128 Å². The number of rotatable bonds is 5. The van der Waals surface area contributed by atoms with Crippen LogP contribution in [0.25, 0.3) is 0 Å². The van der Waals surface area contributed by atoms with E-state index in [1.165, 1.54) is 17.8 Å². The lowest BCUT2D eigenvalue weighted by atomic mass is 10.0. The fraction of sp³-hybridized carbons (Fsp3) is 0.250. The zero-order chi connectivity index (χ0) is 15.2. The highest BCUT2D eigenvalue weighted by Gasteiger charge is 2.16. The first-order chi connectivity index (χ1) is 10.1. The topological polar surface area (TPSA) is 62.2 Å². The minimum Gasteiger partial charge on any atom is -0.394 e. The van der Waals surface area contributed by atoms with E-state index in [4.69, 9.17) is 11.6 Å². The third kappa shape index (κ3) is 4.03. The molecule has 5 heteroatoms. The Kier molecular flexibility index (Phi) is 5.31. The van der Waals surface area contributed by atoms with Crippen molar-refractivity contribution in [1.29, 1.82) is 0 Å². The van der Waals surface area contributed by atoms with E-state index >= 15 is 0 Å². The van der Waals surface area contributed by atoms with Crippen LogP contribution in [0, 0.1) is 0 Å². The van der Waals surface area contributed by atoms with E-state index in [-0.39, 0.29) is 18.2 Å². The van der Waals surface area contributed by atoms with Gasteiger partial charge in [-0.3, -0.25) is 9.78 Å². The van der Waals surface area contributed by atoms with Gasteiger partial charge in [0, 0.05) is 11.2 Å². The molecule has 2 rings (SSSR count). The number of carbonyl (C=O) groups is 1. The van der Waals surface area contributed by atoms with Crippen LogP contribution in [0.1, 0.15) is 34.6 Å². The second-order valence-corrected chi connectivity index (χ2v) is 5.10. The standard InChI is InChI=1S/C16H17ClN2O2/c1-2-11-3-5-12(6-4-11)15(10-20)19-16(21)14-9-13(17)7-8-18-14/h3-9,15,20H,2,10H2,1H3,(H,19,21). The fourth-order valence-electron chi connectivity index (χ4n) is 1.98. The van der Waals surface area contributed by atoms with E-state index in [2.05, 4.69) is 17.2 Å². The number of aliphatic hydroxyl groups is 1. The molecule has 21 heavy (non-hydrogen) atoms. The number of nitrogens with zero attached hydrogens (tertiary/aromatic N) is 1. The van der Waals surface area contributed by atoms with Gasteiger partial charge in [0.05, 0.1) is 12.6 Å². The number of benzene rings is 1. The van der Waals surface area contributed by atoms with Gasteiger partial charge < -0.3 is 10.4 Å². The van der Waals surface area contributed by atoms with Crippen LogP contribution in [0.2, 0.25) is 5.02 Å². The molecule has 0 fully saturated rings. The van der Waals surface area contributed by atoms with Crippen LogP contribution in [-0.2, 0) is 6.42 Å². The lowest BCUT2D eigenvalue weighted by molar-refractivity contribution is 0.0911. The molecule has 2 aromatic rings. The van der Waals surface area contributed by atoms with Crippen molar-refractivity contribution in [2.24, 2.45) is 0 Å². The highest BCUT2D eigenvalue weighted by atomic mass is 35.5. The number of hydrogen-bond donors (Lipinski definition) is 2. The van der Waals surface area contributed by atoms with Crippen molar-refractivity contribution in [3.8, 4) is 0 Å². The number of pyridine rings is 1. The van der Waals surface area contributed by atoms with Crippen molar-refractivity contribution in [3.63, 3.8) is 0 Å². The summed E-state index contributed by atoms with van der Waals surface area (Å²) >= 11 is 5.84. The van der Waals surface area contributed by atoms with Crippen LogP contribution in [0.5, 0.6) is 0 Å². The maximum atomic E-state index is 12.1. The van der Waals surface area contributed by atoms with Gasteiger partial charge in [-0.05, 0) is 29.7 Å². The van der Waals surface area contributed by atoms with Crippen LogP contribution < -0.4 is 5.32 Å². The maximum Gasteiger partial charge on any atom is 0.270 e. The molecule has 0 spiro atoms. The van der Waals surface area contributed by atoms with Crippen molar-refractivity contribution in [3.05, 3.63) is 64.4 Å². The molecule has 1 heterocycles. The van der Waals surface area contributed by atoms with E-state index in [1.54, 1.807) is 6.07 Å². The molecule has 1 amide bonds. The molecule has 1 atom stereocenters. The molecule has 0 radical (unpaired) electrons. The maximum absolute atomic E-state index is 12.1. The zero-order valence-electron chi connectivity index (χ0n) is 11.7. The number of hydrogen-bond acceptors (Lipinski definition) is 3. The summed E-state index contributed by atoms with van der Waals surface area (Å²) in [5, 5.41) is 12.7. The van der Waals surface area contributed by atoms with Crippen LogP contribution in [0.4, 0.5) is 0 Å². The lowest BCUT2D eigenvalue weighted by Crippen LogP contribution is -2.31. The first kappa shape index (κ1) is 15.5. The summed E-state index contributed by atoms with van der Waals surface area (Å²) < 4.78 is 0. The average molecular weight is 305 g/mol. The number of halogens is 1. The third-order valence-electron chi connectivity index (χ3n) is 3.23. The van der Waals surface area contributed by atoms with Gasteiger partial charge >= 0.3 is 0 Å². The Morgan fingerprint density at radius 2 is 2.05 bits per heavy atom. The number of nitrogens with one attached hydrogen (secondary N) is 1. The van der Waals surface area contributed by atoms with Crippen LogP contribution in [0.15, 0.2) is 42.6 Å². The molecule has 0 saturated carbocycles. The lowest BCUT2D eigenvalue weighted by Gasteiger charge is -2.17. The monoisotopic (exact) mass is 304 g/mol. The molecule has 2 N–H and O–H groups in total. The van der Waals surface area contributed by atoms with Gasteiger partial charge in [-0.15, -0.1) is 0 Å². The fourth-order valence-corrected chi connectivity index (χ4v) is 2.14. The van der Waals surface area contributed by atoms with Crippen molar-refractivity contribution in [2.45, 2.75) is 19.4 Å². The molecule has 0 saturated heterocycles. The molecule has 0 aliphatic carbocycles. The minimum absolute atomic E-state index is 0.183. The van der Waals surface area contributed by atoms with Crippen LogP contribution in [-0.4, -0.2) is 22.6 Å². The van der Waals surface area contributed by atoms with Gasteiger partial charge in [0.1, 0.15) is 5.69 Å². The molecule has 0 bridgehead atoms. The molecular weight excluding hydrogens is 288 g/mol. The molecular formula is C16H17ClN2O2. The predicted molar refractivity (Wildman–Crippen MR) is 82.4 cm³/mol. The average Bonchev–Trinajstić information content (AvgIpc) is 2.52. The summed E-state index contributed by atoms with van der Waals surface area (Å²) in [5.74, 6) is -0.365. The van der Waals surface area contributed by atoms with Gasteiger partial charge in [-0.2, -0.15) is 0 Å². The summed E-state index contributed by atoms with van der Waals surface area (Å²) in [6.07, 6.45) is 2.42. The Morgan fingerprint density at radius 1 is 1.33 bits per heavy atom. The molecule has 1 aromatic heterocycles. The number of aliphatic hydroxyl groups excluding tert-OH is 1. The molecule has 0 aliphatic rings. The molecule has 0 aliphatic heterocycles. The SMILES string of the molecule is CCc1ccc(C(CO)NC(=O)c2cc(Cl)ccn2)cc1. The van der Waals surface area contributed by atoms with Crippen LogP contribution in [0.3, 0.4) is 0 Å².